The number of benzene rings is 1. The molecule has 0 aliphatic heterocycles. The maximum absolute atomic E-state index is 12.7. The Morgan fingerprint density at radius 1 is 1.15 bits per heavy atom. The molecule has 0 spiro atoms. The van der Waals surface area contributed by atoms with Gasteiger partial charge in [-0.3, -0.25) is 4.79 Å². The molecule has 0 aliphatic rings. The summed E-state index contributed by atoms with van der Waals surface area (Å²) in [6.07, 6.45) is 0.900. The van der Waals surface area contributed by atoms with Crippen molar-refractivity contribution < 1.29 is 9.53 Å². The SMILES string of the molecule is CCCOc1ccccc1C(=O)c1cc(C)nnc1C. The molecule has 2 aromatic rings. The molecule has 0 saturated carbocycles. The van der Waals surface area contributed by atoms with Crippen LogP contribution in [0.5, 0.6) is 5.75 Å². The minimum atomic E-state index is -0.0767. The quantitative estimate of drug-likeness (QED) is 0.783. The van der Waals surface area contributed by atoms with Gasteiger partial charge in [-0.05, 0) is 38.5 Å². The Morgan fingerprint density at radius 3 is 2.65 bits per heavy atom. The van der Waals surface area contributed by atoms with E-state index in [1.807, 2.05) is 32.0 Å². The van der Waals surface area contributed by atoms with Gasteiger partial charge in [0, 0.05) is 5.56 Å². The van der Waals surface area contributed by atoms with E-state index in [0.29, 0.717) is 29.2 Å². The molecule has 0 bridgehead atoms. The van der Waals surface area contributed by atoms with E-state index in [4.69, 9.17) is 4.74 Å². The summed E-state index contributed by atoms with van der Waals surface area (Å²) in [7, 11) is 0. The number of ketones is 1. The number of aromatic nitrogens is 2. The summed E-state index contributed by atoms with van der Waals surface area (Å²) in [4.78, 5) is 12.7. The normalized spacial score (nSPS) is 10.3. The standard InChI is InChI=1S/C16H18N2O2/c1-4-9-20-15-8-6-5-7-13(15)16(19)14-10-11(2)17-18-12(14)3/h5-8,10H,4,9H2,1-3H3. The van der Waals surface area contributed by atoms with Gasteiger partial charge in [-0.2, -0.15) is 10.2 Å². The summed E-state index contributed by atoms with van der Waals surface area (Å²) < 4.78 is 5.64. The highest BCUT2D eigenvalue weighted by atomic mass is 16.5. The Morgan fingerprint density at radius 2 is 1.90 bits per heavy atom. The third-order valence-electron chi connectivity index (χ3n) is 2.94. The number of hydrogen-bond acceptors (Lipinski definition) is 4. The lowest BCUT2D eigenvalue weighted by Crippen LogP contribution is -2.09. The van der Waals surface area contributed by atoms with E-state index in [1.165, 1.54) is 0 Å². The molecule has 4 nitrogen and oxygen atoms in total. The third kappa shape index (κ3) is 3.02. The first-order chi connectivity index (χ1) is 9.63. The van der Waals surface area contributed by atoms with Gasteiger partial charge in [0.2, 0.25) is 0 Å². The van der Waals surface area contributed by atoms with Gasteiger partial charge in [-0.15, -0.1) is 0 Å². The topological polar surface area (TPSA) is 52.1 Å². The zero-order valence-electron chi connectivity index (χ0n) is 12.0. The molecule has 1 aromatic carbocycles. The van der Waals surface area contributed by atoms with Crippen molar-refractivity contribution in [1.82, 2.24) is 10.2 Å². The number of ether oxygens (including phenoxy) is 1. The maximum atomic E-state index is 12.7. The maximum Gasteiger partial charge on any atom is 0.198 e. The average Bonchev–Trinajstić information content (AvgIpc) is 2.47. The number of rotatable bonds is 5. The molecule has 20 heavy (non-hydrogen) atoms. The van der Waals surface area contributed by atoms with Crippen LogP contribution in [0, 0.1) is 13.8 Å². The molecule has 0 saturated heterocycles. The molecular formula is C16H18N2O2. The molecule has 4 heteroatoms. The van der Waals surface area contributed by atoms with Crippen LogP contribution in [0.25, 0.3) is 0 Å². The van der Waals surface area contributed by atoms with E-state index in [2.05, 4.69) is 10.2 Å². The molecule has 0 atom stereocenters. The Labute approximate surface area is 118 Å². The molecule has 0 N–H and O–H groups in total. The molecule has 0 amide bonds. The van der Waals surface area contributed by atoms with Crippen LogP contribution in [0.15, 0.2) is 30.3 Å². The van der Waals surface area contributed by atoms with E-state index >= 15 is 0 Å². The highest BCUT2D eigenvalue weighted by Gasteiger charge is 2.17. The second-order valence-corrected chi connectivity index (χ2v) is 4.66. The van der Waals surface area contributed by atoms with Crippen molar-refractivity contribution in [3.05, 3.63) is 52.8 Å². The van der Waals surface area contributed by atoms with Crippen LogP contribution < -0.4 is 4.74 Å². The van der Waals surface area contributed by atoms with Gasteiger partial charge >= 0.3 is 0 Å². The Kier molecular flexibility index (Phi) is 4.45. The highest BCUT2D eigenvalue weighted by molar-refractivity contribution is 6.11. The van der Waals surface area contributed by atoms with Crippen molar-refractivity contribution in [2.45, 2.75) is 27.2 Å². The van der Waals surface area contributed by atoms with Crippen molar-refractivity contribution in [2.24, 2.45) is 0 Å². The minimum absolute atomic E-state index is 0.0767. The van der Waals surface area contributed by atoms with Crippen LogP contribution in [0.4, 0.5) is 0 Å². The zero-order chi connectivity index (χ0) is 14.5. The van der Waals surface area contributed by atoms with Gasteiger partial charge < -0.3 is 4.74 Å². The lowest BCUT2D eigenvalue weighted by molar-refractivity contribution is 0.103. The van der Waals surface area contributed by atoms with Crippen LogP contribution in [0.1, 0.15) is 40.7 Å². The summed E-state index contributed by atoms with van der Waals surface area (Å²) in [6.45, 7) is 6.24. The number of para-hydroxylation sites is 1. The molecule has 0 unspecified atom stereocenters. The fraction of sp³-hybridized carbons (Fsp3) is 0.312. The molecule has 0 fully saturated rings. The molecular weight excluding hydrogens is 252 g/mol. The molecule has 1 heterocycles. The van der Waals surface area contributed by atoms with Crippen LogP contribution in [0.3, 0.4) is 0 Å². The van der Waals surface area contributed by atoms with Gasteiger partial charge in [0.1, 0.15) is 5.75 Å². The number of hydrogen-bond donors (Lipinski definition) is 0. The number of carbonyl (C=O) groups excluding carboxylic acids is 1. The van der Waals surface area contributed by atoms with Gasteiger partial charge in [0.15, 0.2) is 5.78 Å². The average molecular weight is 270 g/mol. The summed E-state index contributed by atoms with van der Waals surface area (Å²) in [6, 6.07) is 9.07. The van der Waals surface area contributed by atoms with Crippen molar-refractivity contribution in [2.75, 3.05) is 6.61 Å². The van der Waals surface area contributed by atoms with E-state index in [9.17, 15) is 4.79 Å². The minimum Gasteiger partial charge on any atom is -0.493 e. The van der Waals surface area contributed by atoms with Gasteiger partial charge in [-0.25, -0.2) is 0 Å². The monoisotopic (exact) mass is 270 g/mol. The molecule has 0 radical (unpaired) electrons. The first-order valence-electron chi connectivity index (χ1n) is 6.71. The third-order valence-corrected chi connectivity index (χ3v) is 2.94. The van der Waals surface area contributed by atoms with Crippen molar-refractivity contribution >= 4 is 5.78 Å². The Balaban J connectivity index is 2.40. The lowest BCUT2D eigenvalue weighted by atomic mass is 10.0. The van der Waals surface area contributed by atoms with Crippen molar-refractivity contribution in [3.8, 4) is 5.75 Å². The Bertz CT molecular complexity index is 624. The van der Waals surface area contributed by atoms with Crippen LogP contribution in [-0.2, 0) is 0 Å². The first-order valence-corrected chi connectivity index (χ1v) is 6.71. The summed E-state index contributed by atoms with van der Waals surface area (Å²) in [5.41, 5.74) is 2.50. The summed E-state index contributed by atoms with van der Waals surface area (Å²) in [5, 5.41) is 7.96. The first kappa shape index (κ1) is 14.2. The van der Waals surface area contributed by atoms with Gasteiger partial charge in [0.25, 0.3) is 0 Å². The molecule has 2 rings (SSSR count). The second-order valence-electron chi connectivity index (χ2n) is 4.66. The largest absolute Gasteiger partial charge is 0.493 e. The van der Waals surface area contributed by atoms with E-state index in [1.54, 1.807) is 19.1 Å². The lowest BCUT2D eigenvalue weighted by Gasteiger charge is -2.11. The van der Waals surface area contributed by atoms with E-state index in [-0.39, 0.29) is 5.78 Å². The second kappa shape index (κ2) is 6.28. The summed E-state index contributed by atoms with van der Waals surface area (Å²) in [5.74, 6) is 0.542. The van der Waals surface area contributed by atoms with Crippen LogP contribution in [0.2, 0.25) is 0 Å². The smallest absolute Gasteiger partial charge is 0.198 e. The number of nitrogens with zero attached hydrogens (tertiary/aromatic N) is 2. The van der Waals surface area contributed by atoms with E-state index in [0.717, 1.165) is 12.1 Å². The Hall–Kier alpha value is -2.23. The fourth-order valence-electron chi connectivity index (χ4n) is 1.92. The molecule has 104 valence electrons. The van der Waals surface area contributed by atoms with Crippen LogP contribution in [-0.4, -0.2) is 22.6 Å². The number of carbonyl (C=O) groups is 1. The van der Waals surface area contributed by atoms with Gasteiger partial charge in [-0.1, -0.05) is 19.1 Å². The summed E-state index contributed by atoms with van der Waals surface area (Å²) >= 11 is 0. The van der Waals surface area contributed by atoms with Crippen molar-refractivity contribution in [1.29, 1.82) is 0 Å². The predicted molar refractivity (Wildman–Crippen MR) is 77.2 cm³/mol. The molecule has 0 aliphatic carbocycles. The fourth-order valence-corrected chi connectivity index (χ4v) is 1.92. The van der Waals surface area contributed by atoms with Crippen LogP contribution >= 0.6 is 0 Å². The van der Waals surface area contributed by atoms with E-state index < -0.39 is 0 Å². The highest BCUT2D eigenvalue weighted by Crippen LogP contribution is 2.22. The number of aryl methyl sites for hydroxylation is 2. The predicted octanol–water partition coefficient (Wildman–Crippen LogP) is 3.11. The zero-order valence-corrected chi connectivity index (χ0v) is 12.0. The van der Waals surface area contributed by atoms with Gasteiger partial charge in [0.05, 0.1) is 23.6 Å². The molecule has 1 aromatic heterocycles. The van der Waals surface area contributed by atoms with Crippen molar-refractivity contribution in [3.63, 3.8) is 0 Å².